The molecule has 0 saturated carbocycles. The Morgan fingerprint density at radius 3 is 2.89 bits per heavy atom. The van der Waals surface area contributed by atoms with Gasteiger partial charge in [0.05, 0.1) is 5.56 Å². The van der Waals surface area contributed by atoms with E-state index in [9.17, 15) is 4.79 Å². The summed E-state index contributed by atoms with van der Waals surface area (Å²) in [5, 5.41) is 13.3. The van der Waals surface area contributed by atoms with Crippen LogP contribution in [0.1, 0.15) is 21.5 Å². The van der Waals surface area contributed by atoms with E-state index in [0.717, 1.165) is 22.6 Å². The van der Waals surface area contributed by atoms with Gasteiger partial charge in [-0.25, -0.2) is 4.79 Å². The third-order valence-electron chi connectivity index (χ3n) is 2.68. The highest BCUT2D eigenvalue weighted by molar-refractivity contribution is 7.99. The van der Waals surface area contributed by atoms with Gasteiger partial charge in [-0.1, -0.05) is 6.07 Å². The number of benzene rings is 1. The predicted octanol–water partition coefficient (Wildman–Crippen LogP) is 4.09. The minimum Gasteiger partial charge on any atom is -0.478 e. The molecule has 0 atom stereocenters. The third-order valence-corrected chi connectivity index (χ3v) is 4.41. The van der Waals surface area contributed by atoms with Crippen LogP contribution in [-0.2, 0) is 6.42 Å². The highest BCUT2D eigenvalue weighted by atomic mass is 32.2. The van der Waals surface area contributed by atoms with Gasteiger partial charge in [-0.15, -0.1) is 11.8 Å². The summed E-state index contributed by atoms with van der Waals surface area (Å²) in [6.07, 6.45) is 1.02. The molecule has 2 aromatic rings. The molecule has 1 aromatic heterocycles. The molecule has 18 heavy (non-hydrogen) atoms. The number of hydrogen-bond acceptors (Lipinski definition) is 3. The second-order valence-electron chi connectivity index (χ2n) is 4.01. The predicted molar refractivity (Wildman–Crippen MR) is 76.9 cm³/mol. The van der Waals surface area contributed by atoms with Crippen LogP contribution in [0.25, 0.3) is 0 Å². The van der Waals surface area contributed by atoms with Gasteiger partial charge in [-0.05, 0) is 53.4 Å². The molecule has 0 aliphatic carbocycles. The highest BCUT2D eigenvalue weighted by Gasteiger charge is 2.07. The lowest BCUT2D eigenvalue weighted by Gasteiger charge is -2.05. The monoisotopic (exact) mass is 278 g/mol. The van der Waals surface area contributed by atoms with Crippen molar-refractivity contribution >= 4 is 29.1 Å². The van der Waals surface area contributed by atoms with E-state index >= 15 is 0 Å². The van der Waals surface area contributed by atoms with Crippen LogP contribution in [0.4, 0.5) is 0 Å². The van der Waals surface area contributed by atoms with Crippen molar-refractivity contribution in [2.75, 3.05) is 5.75 Å². The van der Waals surface area contributed by atoms with Crippen molar-refractivity contribution in [3.8, 4) is 0 Å². The number of hydrogen-bond donors (Lipinski definition) is 1. The molecular weight excluding hydrogens is 264 g/mol. The Morgan fingerprint density at radius 2 is 2.22 bits per heavy atom. The molecule has 0 unspecified atom stereocenters. The summed E-state index contributed by atoms with van der Waals surface area (Å²) in [6, 6.07) is 7.75. The van der Waals surface area contributed by atoms with Gasteiger partial charge in [0.2, 0.25) is 0 Å². The summed E-state index contributed by atoms with van der Waals surface area (Å²) >= 11 is 3.41. The number of aromatic carboxylic acids is 1. The minimum absolute atomic E-state index is 0.399. The van der Waals surface area contributed by atoms with E-state index in [1.54, 1.807) is 29.2 Å². The third kappa shape index (κ3) is 3.37. The topological polar surface area (TPSA) is 37.3 Å². The molecular formula is C14H14O2S2. The van der Waals surface area contributed by atoms with Crippen molar-refractivity contribution in [2.24, 2.45) is 0 Å². The number of thioether (sulfide) groups is 1. The molecule has 0 saturated heterocycles. The second-order valence-corrected chi connectivity index (χ2v) is 5.96. The molecule has 4 heteroatoms. The minimum atomic E-state index is -0.854. The van der Waals surface area contributed by atoms with Crippen LogP contribution in [0.15, 0.2) is 39.9 Å². The lowest BCUT2D eigenvalue weighted by molar-refractivity contribution is 0.0696. The molecule has 0 aliphatic rings. The quantitative estimate of drug-likeness (QED) is 0.837. The van der Waals surface area contributed by atoms with Gasteiger partial charge in [0.25, 0.3) is 0 Å². The fourth-order valence-electron chi connectivity index (χ4n) is 1.64. The van der Waals surface area contributed by atoms with Gasteiger partial charge in [-0.3, -0.25) is 0 Å². The number of carbonyl (C=O) groups is 1. The van der Waals surface area contributed by atoms with E-state index in [1.165, 1.54) is 5.56 Å². The van der Waals surface area contributed by atoms with Gasteiger partial charge in [0.1, 0.15) is 0 Å². The van der Waals surface area contributed by atoms with Gasteiger partial charge < -0.3 is 5.11 Å². The van der Waals surface area contributed by atoms with Gasteiger partial charge >= 0.3 is 5.97 Å². The second kappa shape index (κ2) is 6.07. The zero-order valence-electron chi connectivity index (χ0n) is 10.1. The first-order valence-corrected chi connectivity index (χ1v) is 7.57. The Kier molecular flexibility index (Phi) is 4.44. The standard InChI is InChI=1S/C14H14O2S2/c1-10-2-3-12(8-13(10)14(15)16)18-7-5-11-4-6-17-9-11/h2-4,6,8-9H,5,7H2,1H3,(H,15,16). The fraction of sp³-hybridized carbons (Fsp3) is 0.214. The Hall–Kier alpha value is -1.26. The average molecular weight is 278 g/mol. The number of aryl methyl sites for hydroxylation is 2. The molecule has 0 radical (unpaired) electrons. The van der Waals surface area contributed by atoms with Crippen molar-refractivity contribution in [3.05, 3.63) is 51.7 Å². The lowest BCUT2D eigenvalue weighted by atomic mass is 10.1. The van der Waals surface area contributed by atoms with Crippen LogP contribution in [0.5, 0.6) is 0 Å². The number of rotatable bonds is 5. The first-order valence-electron chi connectivity index (χ1n) is 5.64. The molecule has 1 aromatic carbocycles. The SMILES string of the molecule is Cc1ccc(SCCc2ccsc2)cc1C(=O)O. The van der Waals surface area contributed by atoms with Crippen molar-refractivity contribution < 1.29 is 9.90 Å². The zero-order chi connectivity index (χ0) is 13.0. The molecule has 94 valence electrons. The molecule has 0 fully saturated rings. The summed E-state index contributed by atoms with van der Waals surface area (Å²) in [4.78, 5) is 12.0. The zero-order valence-corrected chi connectivity index (χ0v) is 11.7. The summed E-state index contributed by atoms with van der Waals surface area (Å²) < 4.78 is 0. The van der Waals surface area contributed by atoms with E-state index in [-0.39, 0.29) is 0 Å². The fourth-order valence-corrected chi connectivity index (χ4v) is 3.28. The highest BCUT2D eigenvalue weighted by Crippen LogP contribution is 2.23. The van der Waals surface area contributed by atoms with Gasteiger partial charge in [-0.2, -0.15) is 11.3 Å². The van der Waals surface area contributed by atoms with E-state index in [0.29, 0.717) is 5.56 Å². The van der Waals surface area contributed by atoms with Gasteiger partial charge in [0, 0.05) is 10.6 Å². The van der Waals surface area contributed by atoms with Crippen LogP contribution in [0.3, 0.4) is 0 Å². The van der Waals surface area contributed by atoms with E-state index in [2.05, 4.69) is 16.8 Å². The number of carboxylic acids is 1. The Labute approximate surface area is 115 Å². The summed E-state index contributed by atoms with van der Waals surface area (Å²) in [5.74, 6) is 0.117. The summed E-state index contributed by atoms with van der Waals surface area (Å²) in [7, 11) is 0. The van der Waals surface area contributed by atoms with Crippen LogP contribution < -0.4 is 0 Å². The molecule has 1 N–H and O–H groups in total. The molecule has 2 nitrogen and oxygen atoms in total. The van der Waals surface area contributed by atoms with Crippen LogP contribution >= 0.6 is 23.1 Å². The van der Waals surface area contributed by atoms with Crippen LogP contribution in [0, 0.1) is 6.92 Å². The van der Waals surface area contributed by atoms with Crippen molar-refractivity contribution in [3.63, 3.8) is 0 Å². The normalized spacial score (nSPS) is 10.5. The molecule has 2 rings (SSSR count). The van der Waals surface area contributed by atoms with Gasteiger partial charge in [0.15, 0.2) is 0 Å². The largest absolute Gasteiger partial charge is 0.478 e. The Balaban J connectivity index is 1.97. The maximum absolute atomic E-state index is 11.0. The maximum atomic E-state index is 11.0. The molecule has 0 amide bonds. The summed E-state index contributed by atoms with van der Waals surface area (Å²) in [6.45, 7) is 1.82. The molecule has 0 aliphatic heterocycles. The van der Waals surface area contributed by atoms with Crippen molar-refractivity contribution in [2.45, 2.75) is 18.2 Å². The molecule has 1 heterocycles. The van der Waals surface area contributed by atoms with Crippen LogP contribution in [0.2, 0.25) is 0 Å². The molecule has 0 bridgehead atoms. The lowest BCUT2D eigenvalue weighted by Crippen LogP contribution is -1.99. The first-order chi connectivity index (χ1) is 8.66. The first kappa shape index (κ1) is 13.2. The van der Waals surface area contributed by atoms with Crippen molar-refractivity contribution in [1.29, 1.82) is 0 Å². The van der Waals surface area contributed by atoms with E-state index in [4.69, 9.17) is 5.11 Å². The average Bonchev–Trinajstić information content (AvgIpc) is 2.84. The number of thiophene rings is 1. The Bertz CT molecular complexity index is 533. The smallest absolute Gasteiger partial charge is 0.335 e. The van der Waals surface area contributed by atoms with E-state index in [1.807, 2.05) is 19.1 Å². The van der Waals surface area contributed by atoms with E-state index < -0.39 is 5.97 Å². The van der Waals surface area contributed by atoms with Crippen LogP contribution in [-0.4, -0.2) is 16.8 Å². The Morgan fingerprint density at radius 1 is 1.39 bits per heavy atom. The molecule has 0 spiro atoms. The van der Waals surface area contributed by atoms with Crippen molar-refractivity contribution in [1.82, 2.24) is 0 Å². The summed E-state index contributed by atoms with van der Waals surface area (Å²) in [5.41, 5.74) is 2.55. The number of carboxylic acid groups (broad SMARTS) is 1. The maximum Gasteiger partial charge on any atom is 0.335 e.